The van der Waals surface area contributed by atoms with Crippen molar-refractivity contribution in [2.75, 3.05) is 12.8 Å². The van der Waals surface area contributed by atoms with Gasteiger partial charge in [-0.1, -0.05) is 50.1 Å². The van der Waals surface area contributed by atoms with Gasteiger partial charge < -0.3 is 10.2 Å². The lowest BCUT2D eigenvalue weighted by Gasteiger charge is -2.10. The number of halogens is 1. The average Bonchev–Trinajstić information content (AvgIpc) is 3.17. The van der Waals surface area contributed by atoms with Gasteiger partial charge in [0.1, 0.15) is 23.4 Å². The number of hydrogen-bond acceptors (Lipinski definition) is 5. The monoisotopic (exact) mass is 483 g/mol. The zero-order chi connectivity index (χ0) is 24.7. The van der Waals surface area contributed by atoms with Crippen molar-refractivity contribution in [3.8, 4) is 28.9 Å². The largest absolute Gasteiger partial charge is 0.511 e. The van der Waals surface area contributed by atoms with E-state index in [1.165, 1.54) is 12.1 Å². The highest BCUT2D eigenvalue weighted by atomic mass is 31.1. The molecule has 0 saturated carbocycles. The van der Waals surface area contributed by atoms with Crippen LogP contribution in [0.15, 0.2) is 54.6 Å². The van der Waals surface area contributed by atoms with Crippen molar-refractivity contribution in [1.29, 1.82) is 0 Å². The molecule has 2 N–H and O–H groups in total. The molecule has 1 heterocycles. The number of hydrogen-bond donors (Lipinski definition) is 2. The summed E-state index contributed by atoms with van der Waals surface area (Å²) in [6.45, 7) is 3.81. The molecule has 9 heteroatoms. The summed E-state index contributed by atoms with van der Waals surface area (Å²) in [6.07, 6.45) is -2.05. The van der Waals surface area contributed by atoms with E-state index >= 15 is 0 Å². The maximum absolute atomic E-state index is 13.6. The van der Waals surface area contributed by atoms with Crippen LogP contribution in [0.2, 0.25) is 0 Å². The number of aliphatic hydroxyl groups excluding tert-OH is 1. The molecule has 2 unspecified atom stereocenters. The predicted molar refractivity (Wildman–Crippen MR) is 127 cm³/mol. The van der Waals surface area contributed by atoms with Crippen LogP contribution < -0.4 is 0 Å². The Kier molecular flexibility index (Phi) is 8.67. The van der Waals surface area contributed by atoms with Crippen LogP contribution in [0.1, 0.15) is 37.6 Å². The number of carboxylic acids is 1. The molecule has 0 aliphatic carbocycles. The van der Waals surface area contributed by atoms with Gasteiger partial charge in [-0.05, 0) is 40.7 Å². The highest BCUT2D eigenvalue weighted by molar-refractivity contribution is 7.39. The number of rotatable bonds is 9. The minimum Gasteiger partial charge on any atom is -0.481 e. The van der Waals surface area contributed by atoms with Gasteiger partial charge in [0.15, 0.2) is 6.61 Å². The minimum atomic E-state index is -2.27. The Hall–Kier alpha value is -3.37. The molecule has 0 aliphatic rings. The van der Waals surface area contributed by atoms with Crippen molar-refractivity contribution < 1.29 is 28.5 Å². The molecule has 176 valence electrons. The molecule has 34 heavy (non-hydrogen) atoms. The quantitative estimate of drug-likeness (QED) is 0.337. The first-order chi connectivity index (χ1) is 16.3. The first-order valence-electron chi connectivity index (χ1n) is 10.7. The summed E-state index contributed by atoms with van der Waals surface area (Å²) < 4.78 is 32.6. The van der Waals surface area contributed by atoms with E-state index in [4.69, 9.17) is 14.6 Å². The van der Waals surface area contributed by atoms with E-state index < -0.39 is 26.5 Å². The summed E-state index contributed by atoms with van der Waals surface area (Å²) >= 11 is 0. The molecule has 3 aromatic rings. The van der Waals surface area contributed by atoms with E-state index in [-0.39, 0.29) is 24.5 Å². The predicted octanol–water partition coefficient (Wildman–Crippen LogP) is 4.75. The van der Waals surface area contributed by atoms with Crippen molar-refractivity contribution in [3.05, 3.63) is 71.8 Å². The number of nitrogens with zero attached hydrogens (tertiary/aromatic N) is 2. The number of carbonyl (C=O) groups is 1. The molecule has 1 aromatic heterocycles. The van der Waals surface area contributed by atoms with E-state index in [2.05, 4.69) is 11.8 Å². The molecule has 2 atom stereocenters. The lowest BCUT2D eigenvalue weighted by Crippen LogP contribution is -2.15. The van der Waals surface area contributed by atoms with Crippen molar-refractivity contribution in [3.63, 3.8) is 0 Å². The molecule has 7 nitrogen and oxygen atoms in total. The number of aliphatic carboxylic acids is 1. The Labute approximate surface area is 198 Å². The van der Waals surface area contributed by atoms with E-state index in [1.54, 1.807) is 12.1 Å². The molecule has 0 radical (unpaired) electrons. The van der Waals surface area contributed by atoms with Gasteiger partial charge in [0, 0.05) is 11.3 Å². The summed E-state index contributed by atoms with van der Waals surface area (Å²) in [5.41, 5.74) is 2.91. The normalized spacial score (nSPS) is 12.2. The lowest BCUT2D eigenvalue weighted by atomic mass is 10.1. The van der Waals surface area contributed by atoms with Gasteiger partial charge in [-0.15, -0.1) is 4.52 Å². The molecular formula is C25H25FN2O5P+. The Morgan fingerprint density at radius 3 is 2.47 bits per heavy atom. The fraction of sp³-hybridized carbons (Fsp3) is 0.280. The van der Waals surface area contributed by atoms with Crippen LogP contribution >= 0.6 is 8.03 Å². The first kappa shape index (κ1) is 25.3. The second-order valence-electron chi connectivity index (χ2n) is 7.84. The van der Waals surface area contributed by atoms with Crippen LogP contribution in [0.25, 0.3) is 17.1 Å². The van der Waals surface area contributed by atoms with Gasteiger partial charge in [0.05, 0.1) is 12.1 Å². The smallest absolute Gasteiger partial charge is 0.481 e. The standard InChI is InChI=1S/C25H24FN2O5P/c1-17(2)24-22(9-6-14-33-34(32)16-21(29)15-23(30)31)28(20-12-10-19(26)11-13-20)25(27-24)18-7-4-3-5-8-18/h3-5,7-8,10-13,17,21,29H,14-16H2,1-2H3/p+1. The number of aromatic nitrogens is 2. The Morgan fingerprint density at radius 1 is 1.18 bits per heavy atom. The number of benzene rings is 2. The topological polar surface area (TPSA) is 102 Å². The summed E-state index contributed by atoms with van der Waals surface area (Å²) in [6, 6.07) is 15.6. The molecular weight excluding hydrogens is 458 g/mol. The molecule has 0 aliphatic heterocycles. The van der Waals surface area contributed by atoms with Gasteiger partial charge in [0.25, 0.3) is 0 Å². The van der Waals surface area contributed by atoms with Gasteiger partial charge in [-0.25, -0.2) is 9.37 Å². The van der Waals surface area contributed by atoms with Crippen LogP contribution in [0.3, 0.4) is 0 Å². The van der Waals surface area contributed by atoms with Crippen molar-refractivity contribution in [2.24, 2.45) is 0 Å². The zero-order valence-corrected chi connectivity index (χ0v) is 19.7. The van der Waals surface area contributed by atoms with E-state index in [9.17, 15) is 18.9 Å². The Morgan fingerprint density at radius 2 is 1.85 bits per heavy atom. The zero-order valence-electron chi connectivity index (χ0n) is 18.8. The molecule has 3 rings (SSSR count). The van der Waals surface area contributed by atoms with E-state index in [0.29, 0.717) is 17.2 Å². The van der Waals surface area contributed by atoms with Crippen molar-refractivity contribution in [2.45, 2.75) is 32.3 Å². The molecule has 0 saturated heterocycles. The minimum absolute atomic E-state index is 0.0391. The summed E-state index contributed by atoms with van der Waals surface area (Å²) in [5, 5.41) is 18.3. The van der Waals surface area contributed by atoms with Gasteiger partial charge in [-0.3, -0.25) is 9.36 Å². The second-order valence-corrected chi connectivity index (χ2v) is 9.13. The maximum atomic E-state index is 13.6. The van der Waals surface area contributed by atoms with Crippen LogP contribution in [0.5, 0.6) is 0 Å². The molecule has 2 aromatic carbocycles. The summed E-state index contributed by atoms with van der Waals surface area (Å²) in [4.78, 5) is 15.5. The van der Waals surface area contributed by atoms with Crippen molar-refractivity contribution >= 4 is 14.0 Å². The third-order valence-electron chi connectivity index (χ3n) is 4.83. The Balaban J connectivity index is 1.94. The van der Waals surface area contributed by atoms with Gasteiger partial charge in [-0.2, -0.15) is 0 Å². The summed E-state index contributed by atoms with van der Waals surface area (Å²) in [5.74, 6) is 5.05. The lowest BCUT2D eigenvalue weighted by molar-refractivity contribution is -0.138. The number of carboxylic acid groups (broad SMARTS) is 1. The Bertz CT molecular complexity index is 1210. The first-order valence-corrected chi connectivity index (χ1v) is 12.0. The second kappa shape index (κ2) is 11.7. The van der Waals surface area contributed by atoms with Crippen LogP contribution in [-0.2, 0) is 13.9 Å². The fourth-order valence-electron chi connectivity index (χ4n) is 3.30. The highest BCUT2D eigenvalue weighted by Gasteiger charge is 2.25. The molecule has 0 amide bonds. The third kappa shape index (κ3) is 6.58. The van der Waals surface area contributed by atoms with E-state index in [0.717, 1.165) is 11.3 Å². The van der Waals surface area contributed by atoms with Gasteiger partial charge >= 0.3 is 14.0 Å². The summed E-state index contributed by atoms with van der Waals surface area (Å²) in [7, 11) is -2.27. The molecule has 0 spiro atoms. The highest BCUT2D eigenvalue weighted by Crippen LogP contribution is 2.30. The fourth-order valence-corrected chi connectivity index (χ4v) is 4.08. The van der Waals surface area contributed by atoms with Crippen LogP contribution in [0.4, 0.5) is 4.39 Å². The van der Waals surface area contributed by atoms with Crippen LogP contribution in [0, 0.1) is 17.7 Å². The van der Waals surface area contributed by atoms with Crippen molar-refractivity contribution in [1.82, 2.24) is 9.55 Å². The molecule has 0 bridgehead atoms. The molecule has 0 fully saturated rings. The SMILES string of the molecule is CC(C)c1nc(-c2ccccc2)n(-c2ccc(F)cc2)c1C#CCO[P+](=O)CC(O)CC(=O)O. The number of aliphatic hydroxyl groups is 1. The third-order valence-corrected chi connectivity index (χ3v) is 5.96. The van der Waals surface area contributed by atoms with Gasteiger partial charge in [0.2, 0.25) is 6.16 Å². The number of imidazole rings is 1. The maximum Gasteiger partial charge on any atom is 0.511 e. The average molecular weight is 483 g/mol. The van der Waals surface area contributed by atoms with E-state index in [1.807, 2.05) is 48.7 Å². The van der Waals surface area contributed by atoms with Crippen LogP contribution in [-0.4, -0.2) is 44.6 Å².